The van der Waals surface area contributed by atoms with E-state index in [0.717, 1.165) is 5.56 Å². The van der Waals surface area contributed by atoms with Crippen molar-refractivity contribution >= 4 is 5.91 Å². The van der Waals surface area contributed by atoms with Crippen molar-refractivity contribution in [2.45, 2.75) is 45.7 Å². The molecule has 1 amide bonds. The molecule has 20 heavy (non-hydrogen) atoms. The van der Waals surface area contributed by atoms with Gasteiger partial charge in [0.15, 0.2) is 0 Å². The van der Waals surface area contributed by atoms with E-state index in [-0.39, 0.29) is 36.8 Å². The summed E-state index contributed by atoms with van der Waals surface area (Å²) in [6.07, 6.45) is 0.833. The van der Waals surface area contributed by atoms with Gasteiger partial charge in [0.25, 0.3) is 0 Å². The van der Waals surface area contributed by atoms with Crippen LogP contribution in [0, 0.1) is 5.82 Å². The minimum Gasteiger partial charge on any atom is -0.493 e. The Hall–Kier alpha value is -1.62. The first-order valence-electron chi connectivity index (χ1n) is 6.84. The standard InChI is InChI=1S/C15H23FN2O2/c1-10(2)18-15(19)4-5-20-14-8-12(6-11(3)17)7-13(16)9-14/h7-11H,4-6,17H2,1-3H3,(H,18,19). The van der Waals surface area contributed by atoms with E-state index >= 15 is 0 Å². The van der Waals surface area contributed by atoms with Gasteiger partial charge in [-0.15, -0.1) is 0 Å². The fraction of sp³-hybridized carbons (Fsp3) is 0.533. The summed E-state index contributed by atoms with van der Waals surface area (Å²) < 4.78 is 18.9. The number of nitrogens with one attached hydrogen (secondary N) is 1. The predicted octanol–water partition coefficient (Wildman–Crippen LogP) is 2.01. The molecule has 112 valence electrons. The van der Waals surface area contributed by atoms with E-state index < -0.39 is 0 Å². The van der Waals surface area contributed by atoms with Crippen molar-refractivity contribution in [3.05, 3.63) is 29.6 Å². The lowest BCUT2D eigenvalue weighted by molar-refractivity contribution is -0.122. The van der Waals surface area contributed by atoms with Gasteiger partial charge in [0.05, 0.1) is 13.0 Å². The molecule has 0 radical (unpaired) electrons. The summed E-state index contributed by atoms with van der Waals surface area (Å²) in [6, 6.07) is 4.58. The molecule has 0 aliphatic rings. The number of amides is 1. The summed E-state index contributed by atoms with van der Waals surface area (Å²) in [6.45, 7) is 5.87. The highest BCUT2D eigenvalue weighted by molar-refractivity contribution is 5.76. The van der Waals surface area contributed by atoms with Gasteiger partial charge in [-0.2, -0.15) is 0 Å². The number of benzene rings is 1. The lowest BCUT2D eigenvalue weighted by Crippen LogP contribution is -2.31. The van der Waals surface area contributed by atoms with E-state index in [4.69, 9.17) is 10.5 Å². The van der Waals surface area contributed by atoms with Gasteiger partial charge in [-0.1, -0.05) is 0 Å². The van der Waals surface area contributed by atoms with Crippen molar-refractivity contribution in [1.29, 1.82) is 0 Å². The summed E-state index contributed by atoms with van der Waals surface area (Å²) in [5.41, 5.74) is 6.49. The van der Waals surface area contributed by atoms with Crippen LogP contribution in [0.5, 0.6) is 5.75 Å². The molecular weight excluding hydrogens is 259 g/mol. The molecule has 5 heteroatoms. The molecule has 0 spiro atoms. The Bertz CT molecular complexity index is 447. The average molecular weight is 282 g/mol. The normalized spacial score (nSPS) is 12.3. The fourth-order valence-electron chi connectivity index (χ4n) is 1.85. The third-order valence-electron chi connectivity index (χ3n) is 2.54. The summed E-state index contributed by atoms with van der Waals surface area (Å²) in [5.74, 6) is -0.00464. The lowest BCUT2D eigenvalue weighted by Gasteiger charge is -2.11. The van der Waals surface area contributed by atoms with Crippen molar-refractivity contribution in [2.75, 3.05) is 6.61 Å². The molecule has 0 saturated carbocycles. The molecule has 0 aliphatic heterocycles. The molecule has 1 unspecified atom stereocenters. The highest BCUT2D eigenvalue weighted by Gasteiger charge is 2.06. The molecule has 0 aliphatic carbocycles. The highest BCUT2D eigenvalue weighted by Crippen LogP contribution is 2.17. The number of carbonyl (C=O) groups excluding carboxylic acids is 1. The maximum atomic E-state index is 13.4. The van der Waals surface area contributed by atoms with Crippen LogP contribution < -0.4 is 15.8 Å². The Morgan fingerprint density at radius 3 is 2.65 bits per heavy atom. The fourth-order valence-corrected chi connectivity index (χ4v) is 1.85. The predicted molar refractivity (Wildman–Crippen MR) is 77.1 cm³/mol. The topological polar surface area (TPSA) is 64.3 Å². The molecule has 0 fully saturated rings. The Labute approximate surface area is 119 Å². The quantitative estimate of drug-likeness (QED) is 0.804. The second-order valence-electron chi connectivity index (χ2n) is 5.30. The highest BCUT2D eigenvalue weighted by atomic mass is 19.1. The number of halogens is 1. The SMILES string of the molecule is CC(N)Cc1cc(F)cc(OCCC(=O)NC(C)C)c1. The van der Waals surface area contributed by atoms with Gasteiger partial charge in [-0.05, 0) is 44.9 Å². The van der Waals surface area contributed by atoms with Crippen molar-refractivity contribution in [3.8, 4) is 5.75 Å². The van der Waals surface area contributed by atoms with Crippen LogP contribution in [0.4, 0.5) is 4.39 Å². The molecular formula is C15H23FN2O2. The Morgan fingerprint density at radius 1 is 1.35 bits per heavy atom. The Morgan fingerprint density at radius 2 is 2.05 bits per heavy atom. The molecule has 0 heterocycles. The zero-order valence-electron chi connectivity index (χ0n) is 12.3. The third-order valence-corrected chi connectivity index (χ3v) is 2.54. The van der Waals surface area contributed by atoms with E-state index in [1.165, 1.54) is 12.1 Å². The van der Waals surface area contributed by atoms with Gasteiger partial charge in [0.2, 0.25) is 5.91 Å². The first kappa shape index (κ1) is 16.4. The van der Waals surface area contributed by atoms with Crippen molar-refractivity contribution in [3.63, 3.8) is 0 Å². The number of nitrogens with two attached hydrogens (primary N) is 1. The zero-order chi connectivity index (χ0) is 15.1. The summed E-state index contributed by atoms with van der Waals surface area (Å²) in [4.78, 5) is 11.4. The Kier molecular flexibility index (Phi) is 6.45. The van der Waals surface area contributed by atoms with Crippen molar-refractivity contribution < 1.29 is 13.9 Å². The first-order valence-corrected chi connectivity index (χ1v) is 6.84. The van der Waals surface area contributed by atoms with Gasteiger partial charge in [-0.3, -0.25) is 4.79 Å². The monoisotopic (exact) mass is 282 g/mol. The number of rotatable bonds is 7. The van der Waals surface area contributed by atoms with Gasteiger partial charge < -0.3 is 15.8 Å². The zero-order valence-corrected chi connectivity index (χ0v) is 12.3. The second-order valence-corrected chi connectivity index (χ2v) is 5.30. The van der Waals surface area contributed by atoms with Crippen LogP contribution in [0.3, 0.4) is 0 Å². The van der Waals surface area contributed by atoms with Crippen LogP contribution in [0.2, 0.25) is 0 Å². The van der Waals surface area contributed by atoms with Crippen LogP contribution in [0.25, 0.3) is 0 Å². The minimum atomic E-state index is -0.357. The van der Waals surface area contributed by atoms with Crippen LogP contribution in [0.1, 0.15) is 32.8 Å². The minimum absolute atomic E-state index is 0.0403. The van der Waals surface area contributed by atoms with Crippen LogP contribution in [-0.4, -0.2) is 24.6 Å². The molecule has 4 nitrogen and oxygen atoms in total. The third kappa shape index (κ3) is 6.52. The van der Waals surface area contributed by atoms with E-state index in [1.807, 2.05) is 20.8 Å². The Balaban J connectivity index is 2.51. The first-order chi connectivity index (χ1) is 9.36. The molecule has 3 N–H and O–H groups in total. The van der Waals surface area contributed by atoms with E-state index in [9.17, 15) is 9.18 Å². The van der Waals surface area contributed by atoms with Gasteiger partial charge in [0.1, 0.15) is 11.6 Å². The van der Waals surface area contributed by atoms with Crippen LogP contribution in [-0.2, 0) is 11.2 Å². The molecule has 1 aromatic carbocycles. The van der Waals surface area contributed by atoms with Crippen molar-refractivity contribution in [2.24, 2.45) is 5.73 Å². The summed E-state index contributed by atoms with van der Waals surface area (Å²) in [5, 5.41) is 2.77. The molecule has 0 bridgehead atoms. The number of hydrogen-bond donors (Lipinski definition) is 2. The van der Waals surface area contributed by atoms with Crippen LogP contribution in [0.15, 0.2) is 18.2 Å². The lowest BCUT2D eigenvalue weighted by atomic mass is 10.1. The second kappa shape index (κ2) is 7.85. The largest absolute Gasteiger partial charge is 0.493 e. The van der Waals surface area contributed by atoms with Crippen LogP contribution >= 0.6 is 0 Å². The number of ether oxygens (including phenoxy) is 1. The summed E-state index contributed by atoms with van der Waals surface area (Å²) >= 11 is 0. The van der Waals surface area contributed by atoms with E-state index in [0.29, 0.717) is 12.2 Å². The average Bonchev–Trinajstić information content (AvgIpc) is 2.25. The maximum absolute atomic E-state index is 13.4. The molecule has 0 saturated heterocycles. The summed E-state index contributed by atoms with van der Waals surface area (Å²) in [7, 11) is 0. The molecule has 1 aromatic rings. The number of carbonyl (C=O) groups is 1. The van der Waals surface area contributed by atoms with Gasteiger partial charge in [0, 0.05) is 18.2 Å². The maximum Gasteiger partial charge on any atom is 0.223 e. The van der Waals surface area contributed by atoms with Crippen molar-refractivity contribution in [1.82, 2.24) is 5.32 Å². The van der Waals surface area contributed by atoms with Gasteiger partial charge >= 0.3 is 0 Å². The van der Waals surface area contributed by atoms with Gasteiger partial charge in [-0.25, -0.2) is 4.39 Å². The number of hydrogen-bond acceptors (Lipinski definition) is 3. The van der Waals surface area contributed by atoms with E-state index in [2.05, 4.69) is 5.32 Å². The molecule has 0 aromatic heterocycles. The molecule has 1 atom stereocenters. The molecule has 1 rings (SSSR count). The smallest absolute Gasteiger partial charge is 0.223 e. The van der Waals surface area contributed by atoms with E-state index in [1.54, 1.807) is 6.07 Å².